The highest BCUT2D eigenvalue weighted by Crippen LogP contribution is 2.29. The highest BCUT2D eigenvalue weighted by Gasteiger charge is 2.19. The van der Waals surface area contributed by atoms with E-state index in [-0.39, 0.29) is 0 Å². The lowest BCUT2D eigenvalue weighted by atomic mass is 9.87. The molecule has 132 valence electrons. The van der Waals surface area contributed by atoms with Gasteiger partial charge in [-0.2, -0.15) is 10.1 Å². The average Bonchev–Trinajstić information content (AvgIpc) is 3.27. The molecule has 0 radical (unpaired) electrons. The van der Waals surface area contributed by atoms with Gasteiger partial charge < -0.3 is 10.3 Å². The molecule has 4 heterocycles. The van der Waals surface area contributed by atoms with E-state index in [9.17, 15) is 0 Å². The average molecular weight is 346 g/mol. The minimum atomic E-state index is 0.481. The van der Waals surface area contributed by atoms with Gasteiger partial charge in [0.25, 0.3) is 0 Å². The van der Waals surface area contributed by atoms with E-state index >= 15 is 0 Å². The number of fused-ring (bicyclic) bond motifs is 2. The third-order valence-corrected chi connectivity index (χ3v) is 5.41. The van der Waals surface area contributed by atoms with Gasteiger partial charge in [-0.05, 0) is 42.5 Å². The molecule has 1 fully saturated rings. The maximum atomic E-state index is 4.70. The van der Waals surface area contributed by atoms with Crippen LogP contribution >= 0.6 is 0 Å². The summed E-state index contributed by atoms with van der Waals surface area (Å²) in [4.78, 5) is 12.6. The number of nitrogens with zero attached hydrogens (tertiary/aromatic N) is 4. The smallest absolute Gasteiger partial charge is 0.224 e. The molecule has 6 nitrogen and oxygen atoms in total. The topological polar surface area (TPSA) is 70.9 Å². The predicted molar refractivity (Wildman–Crippen MR) is 103 cm³/mol. The molecule has 26 heavy (non-hydrogen) atoms. The number of aromatic amines is 1. The van der Waals surface area contributed by atoms with Gasteiger partial charge in [0.1, 0.15) is 5.65 Å². The van der Waals surface area contributed by atoms with E-state index in [1.165, 1.54) is 25.7 Å². The first-order chi connectivity index (χ1) is 12.8. The molecule has 0 bridgehead atoms. The molecule has 1 aliphatic carbocycles. The molecule has 5 rings (SSSR count). The number of anilines is 1. The van der Waals surface area contributed by atoms with Crippen molar-refractivity contribution in [2.75, 3.05) is 5.32 Å². The molecule has 2 N–H and O–H groups in total. The van der Waals surface area contributed by atoms with Gasteiger partial charge in [0.2, 0.25) is 5.95 Å². The molecule has 0 aliphatic heterocycles. The first-order valence-electron chi connectivity index (χ1n) is 9.31. The van der Waals surface area contributed by atoms with E-state index in [0.29, 0.717) is 6.04 Å². The van der Waals surface area contributed by atoms with E-state index in [1.807, 2.05) is 35.4 Å². The predicted octanol–water partition coefficient (Wildman–Crippen LogP) is 4.26. The van der Waals surface area contributed by atoms with E-state index < -0.39 is 0 Å². The van der Waals surface area contributed by atoms with Crippen LogP contribution in [0.15, 0.2) is 43.0 Å². The molecule has 2 atom stereocenters. The summed E-state index contributed by atoms with van der Waals surface area (Å²) < 4.78 is 1.86. The molecule has 0 aromatic carbocycles. The zero-order valence-corrected chi connectivity index (χ0v) is 14.8. The van der Waals surface area contributed by atoms with Crippen molar-refractivity contribution in [2.45, 2.75) is 38.6 Å². The van der Waals surface area contributed by atoms with Crippen LogP contribution in [0.4, 0.5) is 5.95 Å². The van der Waals surface area contributed by atoms with Crippen LogP contribution in [0.2, 0.25) is 0 Å². The van der Waals surface area contributed by atoms with Crippen molar-refractivity contribution in [1.82, 2.24) is 24.6 Å². The standard InChI is InChI=1S/C20H22N6/c1-13-3-2-4-15(9-13)24-20-22-12-18-17(11-21-19(18)25-20)14-6-8-26-16(10-14)5-7-23-26/h5-8,10-13,15H,2-4,9H2,1H3,(H2,21,22,24,25)/t13?,15-/m1/s1. The summed E-state index contributed by atoms with van der Waals surface area (Å²) in [6.45, 7) is 2.33. The van der Waals surface area contributed by atoms with E-state index in [4.69, 9.17) is 4.98 Å². The number of pyridine rings is 1. The highest BCUT2D eigenvalue weighted by molar-refractivity contribution is 5.94. The van der Waals surface area contributed by atoms with Crippen molar-refractivity contribution in [2.24, 2.45) is 5.92 Å². The number of H-pyrrole nitrogens is 1. The van der Waals surface area contributed by atoms with Crippen LogP contribution in [0.1, 0.15) is 32.6 Å². The summed E-state index contributed by atoms with van der Waals surface area (Å²) in [6, 6.07) is 6.68. The Labute approximate surface area is 151 Å². The molecule has 1 aliphatic rings. The number of hydrogen-bond acceptors (Lipinski definition) is 4. The third-order valence-electron chi connectivity index (χ3n) is 5.41. The molecular formula is C20H22N6. The van der Waals surface area contributed by atoms with Gasteiger partial charge in [0, 0.05) is 41.8 Å². The van der Waals surface area contributed by atoms with Gasteiger partial charge in [0.05, 0.1) is 5.52 Å². The van der Waals surface area contributed by atoms with Crippen molar-refractivity contribution in [3.8, 4) is 11.1 Å². The number of rotatable bonds is 3. The zero-order chi connectivity index (χ0) is 17.5. The fourth-order valence-corrected chi connectivity index (χ4v) is 4.05. The van der Waals surface area contributed by atoms with Crippen molar-refractivity contribution >= 4 is 22.5 Å². The van der Waals surface area contributed by atoms with Gasteiger partial charge in [-0.1, -0.05) is 19.8 Å². The van der Waals surface area contributed by atoms with Gasteiger partial charge in [0.15, 0.2) is 0 Å². The molecule has 0 spiro atoms. The molecule has 0 saturated heterocycles. The largest absolute Gasteiger partial charge is 0.351 e. The Morgan fingerprint density at radius 1 is 1.27 bits per heavy atom. The Bertz CT molecular complexity index is 1060. The third kappa shape index (κ3) is 2.71. The number of nitrogens with one attached hydrogen (secondary N) is 2. The molecule has 1 unspecified atom stereocenters. The van der Waals surface area contributed by atoms with Crippen LogP contribution in [0.3, 0.4) is 0 Å². The molecule has 4 aromatic heterocycles. The van der Waals surface area contributed by atoms with Crippen LogP contribution in [-0.2, 0) is 0 Å². The lowest BCUT2D eigenvalue weighted by molar-refractivity contribution is 0.358. The summed E-state index contributed by atoms with van der Waals surface area (Å²) >= 11 is 0. The summed E-state index contributed by atoms with van der Waals surface area (Å²) in [6.07, 6.45) is 12.7. The molecule has 4 aromatic rings. The summed E-state index contributed by atoms with van der Waals surface area (Å²) in [5, 5.41) is 8.81. The lowest BCUT2D eigenvalue weighted by Gasteiger charge is -2.27. The summed E-state index contributed by atoms with van der Waals surface area (Å²) in [7, 11) is 0. The second kappa shape index (κ2) is 6.12. The van der Waals surface area contributed by atoms with Crippen LogP contribution in [0.25, 0.3) is 27.7 Å². The maximum Gasteiger partial charge on any atom is 0.224 e. The van der Waals surface area contributed by atoms with Crippen molar-refractivity contribution in [3.05, 3.63) is 43.0 Å². The normalized spacial score (nSPS) is 20.7. The zero-order valence-electron chi connectivity index (χ0n) is 14.8. The van der Waals surface area contributed by atoms with Gasteiger partial charge >= 0.3 is 0 Å². The van der Waals surface area contributed by atoms with Crippen molar-refractivity contribution in [1.29, 1.82) is 0 Å². The van der Waals surface area contributed by atoms with Crippen molar-refractivity contribution < 1.29 is 0 Å². The van der Waals surface area contributed by atoms with Gasteiger partial charge in [-0.25, -0.2) is 9.50 Å². The number of hydrogen-bond donors (Lipinski definition) is 2. The summed E-state index contributed by atoms with van der Waals surface area (Å²) in [5.74, 6) is 1.50. The van der Waals surface area contributed by atoms with E-state index in [1.54, 1.807) is 0 Å². The Kier molecular flexibility index (Phi) is 3.62. The molecule has 0 amide bonds. The van der Waals surface area contributed by atoms with Crippen LogP contribution < -0.4 is 5.32 Å². The molecule has 6 heteroatoms. The Morgan fingerprint density at radius 2 is 2.23 bits per heavy atom. The van der Waals surface area contributed by atoms with Crippen LogP contribution in [0.5, 0.6) is 0 Å². The Morgan fingerprint density at radius 3 is 3.15 bits per heavy atom. The second-order valence-electron chi connectivity index (χ2n) is 7.39. The lowest BCUT2D eigenvalue weighted by Crippen LogP contribution is -2.27. The Hall–Kier alpha value is -2.89. The van der Waals surface area contributed by atoms with E-state index in [2.05, 4.69) is 39.4 Å². The first-order valence-corrected chi connectivity index (χ1v) is 9.31. The maximum absolute atomic E-state index is 4.70. The molecular weight excluding hydrogens is 324 g/mol. The van der Waals surface area contributed by atoms with Gasteiger partial charge in [-0.15, -0.1) is 0 Å². The first kappa shape index (κ1) is 15.4. The SMILES string of the molecule is CC1CCC[C@@H](Nc2ncc3c(-c4ccn5nccc5c4)c[nH]c3n2)C1. The van der Waals surface area contributed by atoms with Crippen LogP contribution in [-0.4, -0.2) is 30.6 Å². The number of aromatic nitrogens is 5. The quantitative estimate of drug-likeness (QED) is 0.581. The fraction of sp³-hybridized carbons (Fsp3) is 0.350. The highest BCUT2D eigenvalue weighted by atomic mass is 15.2. The molecule has 1 saturated carbocycles. The van der Waals surface area contributed by atoms with Crippen molar-refractivity contribution in [3.63, 3.8) is 0 Å². The monoisotopic (exact) mass is 346 g/mol. The van der Waals surface area contributed by atoms with E-state index in [0.717, 1.165) is 39.5 Å². The van der Waals surface area contributed by atoms with Gasteiger partial charge in [-0.3, -0.25) is 0 Å². The summed E-state index contributed by atoms with van der Waals surface area (Å²) in [5.41, 5.74) is 4.19. The Balaban J connectivity index is 1.45. The minimum absolute atomic E-state index is 0.481. The van der Waals surface area contributed by atoms with Crippen LogP contribution in [0, 0.1) is 5.92 Å². The fourth-order valence-electron chi connectivity index (χ4n) is 4.05. The second-order valence-corrected chi connectivity index (χ2v) is 7.39. The minimum Gasteiger partial charge on any atom is -0.351 e.